The number of halogens is 6. The monoisotopic (exact) mass is 384 g/mol. The molecule has 0 aliphatic rings. The molecule has 0 saturated carbocycles. The van der Waals surface area contributed by atoms with Crippen LogP contribution in [-0.2, 0) is 0 Å². The molecule has 0 unspecified atom stereocenters. The van der Waals surface area contributed by atoms with Gasteiger partial charge in [0, 0.05) is 5.54 Å². The normalized spacial score (nSPS) is 19.6. The van der Waals surface area contributed by atoms with Gasteiger partial charge in [0.15, 0.2) is 0 Å². The van der Waals surface area contributed by atoms with Gasteiger partial charge in [0.25, 0.3) is 0 Å². The highest BCUT2D eigenvalue weighted by Crippen LogP contribution is 2.28. The van der Waals surface area contributed by atoms with Gasteiger partial charge < -0.3 is 0 Å². The van der Waals surface area contributed by atoms with Crippen LogP contribution in [0.3, 0.4) is 0 Å². The molecule has 92 valence electrons. The van der Waals surface area contributed by atoms with Crippen LogP contribution in [0.4, 0.5) is 0 Å². The van der Waals surface area contributed by atoms with Crippen LogP contribution in [-0.4, -0.2) is 15.1 Å². The van der Waals surface area contributed by atoms with Crippen molar-refractivity contribution < 1.29 is 0 Å². The lowest BCUT2D eigenvalue weighted by Gasteiger charge is -2.21. The summed E-state index contributed by atoms with van der Waals surface area (Å²) in [6.45, 7) is 1.79. The molecular formula is C10H10BrCl5. The van der Waals surface area contributed by atoms with Gasteiger partial charge in [-0.2, -0.15) is 0 Å². The molecule has 2 atom stereocenters. The summed E-state index contributed by atoms with van der Waals surface area (Å²) in [7, 11) is 0. The van der Waals surface area contributed by atoms with Crippen molar-refractivity contribution >= 4 is 73.9 Å². The van der Waals surface area contributed by atoms with Crippen molar-refractivity contribution in [2.45, 2.75) is 22.0 Å². The first kappa shape index (κ1) is 17.2. The number of allylic oxidation sites excluding steroid dienone is 4. The molecule has 0 aromatic heterocycles. The van der Waals surface area contributed by atoms with Crippen molar-refractivity contribution in [3.8, 4) is 0 Å². The van der Waals surface area contributed by atoms with E-state index in [2.05, 4.69) is 15.9 Å². The Labute approximate surface area is 129 Å². The number of hydrogen-bond acceptors (Lipinski definition) is 0. The summed E-state index contributed by atoms with van der Waals surface area (Å²) in [6, 6.07) is 0. The number of rotatable bonds is 5. The highest BCUT2D eigenvalue weighted by atomic mass is 79.9. The fraction of sp³-hybridized carbons (Fsp3) is 0.400. The van der Waals surface area contributed by atoms with E-state index >= 15 is 0 Å². The van der Waals surface area contributed by atoms with Crippen LogP contribution in [0.5, 0.6) is 0 Å². The molecule has 16 heavy (non-hydrogen) atoms. The summed E-state index contributed by atoms with van der Waals surface area (Å²) in [4.78, 5) is 0.270. The van der Waals surface area contributed by atoms with E-state index in [0.29, 0.717) is 5.57 Å². The molecule has 6 heteroatoms. The SMILES string of the molecule is C[C@](Cl)(/C=C\Br)[C@H](Cl)/C=C/C(=C/Cl)C(Cl)Cl. The topological polar surface area (TPSA) is 0 Å². The Hall–Kier alpha value is 1.15. The first-order chi connectivity index (χ1) is 7.35. The first-order valence-corrected chi connectivity index (χ1v) is 7.26. The minimum Gasteiger partial charge on any atom is -0.116 e. The smallest absolute Gasteiger partial charge is 0.116 e. The summed E-state index contributed by atoms with van der Waals surface area (Å²) in [6.07, 6.45) is 5.07. The predicted octanol–water partition coefficient (Wildman–Crippen LogP) is 5.98. The fourth-order valence-electron chi connectivity index (χ4n) is 0.756. The zero-order valence-corrected chi connectivity index (χ0v) is 13.7. The van der Waals surface area contributed by atoms with E-state index in [1.54, 1.807) is 30.1 Å². The van der Waals surface area contributed by atoms with Crippen LogP contribution < -0.4 is 0 Å². The van der Waals surface area contributed by atoms with Crippen LogP contribution >= 0.6 is 73.9 Å². The molecule has 0 rings (SSSR count). The molecule has 0 aromatic carbocycles. The molecular weight excluding hydrogens is 377 g/mol. The molecule has 0 bridgehead atoms. The van der Waals surface area contributed by atoms with E-state index < -0.39 is 15.1 Å². The van der Waals surface area contributed by atoms with Gasteiger partial charge in [-0.05, 0) is 17.5 Å². The summed E-state index contributed by atoms with van der Waals surface area (Å²) < 4.78 is 0. The largest absolute Gasteiger partial charge is 0.133 e. The maximum Gasteiger partial charge on any atom is 0.133 e. The molecule has 0 aromatic rings. The molecule has 0 saturated heterocycles. The summed E-state index contributed by atoms with van der Waals surface area (Å²) in [5, 5.41) is -0.415. The quantitative estimate of drug-likeness (QED) is 0.402. The van der Waals surface area contributed by atoms with Crippen LogP contribution in [0.15, 0.2) is 34.3 Å². The second-order valence-electron chi connectivity index (χ2n) is 3.11. The van der Waals surface area contributed by atoms with Gasteiger partial charge in [-0.1, -0.05) is 45.8 Å². The Morgan fingerprint density at radius 1 is 1.31 bits per heavy atom. The Kier molecular flexibility index (Phi) is 8.88. The average molecular weight is 387 g/mol. The first-order valence-electron chi connectivity index (χ1n) is 4.22. The minimum atomic E-state index is -0.701. The van der Waals surface area contributed by atoms with Crippen molar-refractivity contribution in [1.82, 2.24) is 0 Å². The summed E-state index contributed by atoms with van der Waals surface area (Å²) in [5.41, 5.74) is 1.86. The Morgan fingerprint density at radius 3 is 2.25 bits per heavy atom. The van der Waals surface area contributed by atoms with E-state index in [1.807, 2.05) is 0 Å². The lowest BCUT2D eigenvalue weighted by atomic mass is 10.1. The standard InChI is InChI=1S/C10H10BrCl5/c1-10(16,4-5-11)8(13)3-2-7(6-12)9(14)15/h2-6,8-9H,1H3/b3-2+,5-4-,7-6-/t8-,10+/m1/s1. The van der Waals surface area contributed by atoms with Gasteiger partial charge in [0.05, 0.1) is 10.3 Å². The Balaban J connectivity index is 4.67. The minimum absolute atomic E-state index is 0.415. The predicted molar refractivity (Wildman–Crippen MR) is 80.5 cm³/mol. The van der Waals surface area contributed by atoms with E-state index in [-0.39, 0.29) is 0 Å². The third-order valence-electron chi connectivity index (χ3n) is 1.76. The number of hydrogen-bond donors (Lipinski definition) is 0. The van der Waals surface area contributed by atoms with Gasteiger partial charge in [0.2, 0.25) is 0 Å². The second kappa shape index (κ2) is 8.29. The molecule has 0 spiro atoms. The molecule has 0 heterocycles. The average Bonchev–Trinajstić information content (AvgIpc) is 2.17. The molecule has 0 radical (unpaired) electrons. The Morgan fingerprint density at radius 2 is 1.88 bits per heavy atom. The van der Waals surface area contributed by atoms with Gasteiger partial charge in [-0.15, -0.1) is 46.4 Å². The lowest BCUT2D eigenvalue weighted by Crippen LogP contribution is -2.24. The van der Waals surface area contributed by atoms with Crippen LogP contribution in [0, 0.1) is 0 Å². The van der Waals surface area contributed by atoms with Crippen molar-refractivity contribution in [3.05, 3.63) is 34.3 Å². The molecule has 0 fully saturated rings. The third-order valence-corrected chi connectivity index (χ3v) is 3.86. The van der Waals surface area contributed by atoms with E-state index in [1.165, 1.54) is 5.54 Å². The van der Waals surface area contributed by atoms with E-state index in [9.17, 15) is 0 Å². The van der Waals surface area contributed by atoms with Crippen LogP contribution in [0.25, 0.3) is 0 Å². The Bertz CT molecular complexity index is 294. The van der Waals surface area contributed by atoms with Crippen LogP contribution in [0.1, 0.15) is 6.92 Å². The zero-order valence-electron chi connectivity index (χ0n) is 8.31. The van der Waals surface area contributed by atoms with E-state index in [4.69, 9.17) is 58.0 Å². The molecule has 0 aliphatic heterocycles. The van der Waals surface area contributed by atoms with Crippen molar-refractivity contribution in [3.63, 3.8) is 0 Å². The molecule has 0 nitrogen and oxygen atoms in total. The maximum atomic E-state index is 6.17. The van der Waals surface area contributed by atoms with Gasteiger partial charge in [0.1, 0.15) is 4.84 Å². The third kappa shape index (κ3) is 6.18. The highest BCUT2D eigenvalue weighted by molar-refractivity contribution is 9.11. The molecule has 0 aliphatic carbocycles. The van der Waals surface area contributed by atoms with Gasteiger partial charge >= 0.3 is 0 Å². The van der Waals surface area contributed by atoms with Crippen LogP contribution in [0.2, 0.25) is 0 Å². The second-order valence-corrected chi connectivity index (χ2v) is 6.24. The number of alkyl halides is 4. The zero-order chi connectivity index (χ0) is 12.8. The van der Waals surface area contributed by atoms with Crippen molar-refractivity contribution in [2.24, 2.45) is 0 Å². The molecule has 0 amide bonds. The summed E-state index contributed by atoms with van der Waals surface area (Å²) >= 11 is 32.3. The van der Waals surface area contributed by atoms with Crippen molar-refractivity contribution in [2.75, 3.05) is 0 Å². The molecule has 0 N–H and O–H groups in total. The maximum absolute atomic E-state index is 6.17. The fourth-order valence-corrected chi connectivity index (χ4v) is 2.34. The van der Waals surface area contributed by atoms with Gasteiger partial charge in [-0.3, -0.25) is 0 Å². The van der Waals surface area contributed by atoms with E-state index in [0.717, 1.165) is 0 Å². The van der Waals surface area contributed by atoms with Crippen molar-refractivity contribution in [1.29, 1.82) is 0 Å². The highest BCUT2D eigenvalue weighted by Gasteiger charge is 2.25. The summed E-state index contributed by atoms with van der Waals surface area (Å²) in [5.74, 6) is 0. The van der Waals surface area contributed by atoms with Gasteiger partial charge in [-0.25, -0.2) is 0 Å². The lowest BCUT2D eigenvalue weighted by molar-refractivity contribution is 0.800.